The Hall–Kier alpha value is -2.97. The first kappa shape index (κ1) is 16.4. The van der Waals surface area contributed by atoms with Crippen molar-refractivity contribution in [2.45, 2.75) is 13.8 Å². The molecule has 1 aromatic carbocycles. The highest BCUT2D eigenvalue weighted by atomic mass is 19.1. The van der Waals surface area contributed by atoms with Gasteiger partial charge in [-0.3, -0.25) is 10.1 Å². The van der Waals surface area contributed by atoms with Crippen molar-refractivity contribution in [3.8, 4) is 0 Å². The molecule has 0 aliphatic heterocycles. The molecule has 9 heteroatoms. The fourth-order valence-electron chi connectivity index (χ4n) is 2.04. The van der Waals surface area contributed by atoms with Crippen molar-refractivity contribution in [3.05, 3.63) is 40.2 Å². The molecule has 0 fully saturated rings. The van der Waals surface area contributed by atoms with E-state index in [1.807, 2.05) is 18.7 Å². The summed E-state index contributed by atoms with van der Waals surface area (Å²) in [5, 5.41) is 14.0. The van der Waals surface area contributed by atoms with Crippen molar-refractivity contribution in [3.63, 3.8) is 0 Å². The highest BCUT2D eigenvalue weighted by molar-refractivity contribution is 5.74. The predicted octanol–water partition coefficient (Wildman–Crippen LogP) is 2.70. The summed E-state index contributed by atoms with van der Waals surface area (Å²) in [5.41, 5.74) is 5.77. The normalized spacial score (nSPS) is 10.4. The number of benzene rings is 1. The van der Waals surface area contributed by atoms with Crippen LogP contribution in [0.3, 0.4) is 0 Å². The second-order valence-electron chi connectivity index (χ2n) is 4.67. The number of nitrogens with zero attached hydrogens (tertiary/aromatic N) is 4. The van der Waals surface area contributed by atoms with Crippen molar-refractivity contribution >= 4 is 29.0 Å². The van der Waals surface area contributed by atoms with Crippen LogP contribution in [0.1, 0.15) is 13.8 Å². The van der Waals surface area contributed by atoms with Gasteiger partial charge in [-0.05, 0) is 38.1 Å². The van der Waals surface area contributed by atoms with Crippen molar-refractivity contribution in [2.24, 2.45) is 0 Å². The van der Waals surface area contributed by atoms with Crippen LogP contribution in [0.4, 0.5) is 33.3 Å². The van der Waals surface area contributed by atoms with Crippen LogP contribution in [0.25, 0.3) is 0 Å². The van der Waals surface area contributed by atoms with Crippen LogP contribution in [-0.4, -0.2) is 28.0 Å². The third-order valence-corrected chi connectivity index (χ3v) is 3.23. The third-order valence-electron chi connectivity index (χ3n) is 3.23. The van der Waals surface area contributed by atoms with Gasteiger partial charge in [0.05, 0.1) is 4.92 Å². The Morgan fingerprint density at radius 2 is 1.87 bits per heavy atom. The van der Waals surface area contributed by atoms with Crippen LogP contribution in [0, 0.1) is 15.9 Å². The summed E-state index contributed by atoms with van der Waals surface area (Å²) >= 11 is 0. The standard InChI is InChI=1S/C14H17FN6O2/c1-3-20(4-2)14-18-12(16)11(21(22)23)13(19-14)17-10-7-5-9(15)6-8-10/h5-8H,3-4H2,1-2H3,(H3,16,17,18,19). The Labute approximate surface area is 132 Å². The number of rotatable bonds is 6. The van der Waals surface area contributed by atoms with Gasteiger partial charge in [0.1, 0.15) is 5.82 Å². The van der Waals surface area contributed by atoms with E-state index in [9.17, 15) is 14.5 Å². The fraction of sp³-hybridized carbons (Fsp3) is 0.286. The molecular weight excluding hydrogens is 303 g/mol. The summed E-state index contributed by atoms with van der Waals surface area (Å²) in [6, 6.07) is 5.39. The molecule has 0 aliphatic carbocycles. The molecule has 2 aromatic rings. The number of nitrogens with one attached hydrogen (secondary N) is 1. The molecule has 0 aliphatic rings. The van der Waals surface area contributed by atoms with E-state index in [1.54, 1.807) is 0 Å². The minimum Gasteiger partial charge on any atom is -0.378 e. The lowest BCUT2D eigenvalue weighted by Crippen LogP contribution is -2.25. The molecule has 122 valence electrons. The van der Waals surface area contributed by atoms with E-state index in [0.29, 0.717) is 24.7 Å². The largest absolute Gasteiger partial charge is 0.378 e. The second-order valence-corrected chi connectivity index (χ2v) is 4.67. The fourth-order valence-corrected chi connectivity index (χ4v) is 2.04. The van der Waals surface area contributed by atoms with E-state index in [1.165, 1.54) is 24.3 Å². The first-order chi connectivity index (χ1) is 11.0. The van der Waals surface area contributed by atoms with Crippen LogP contribution in [0.2, 0.25) is 0 Å². The van der Waals surface area contributed by atoms with E-state index in [-0.39, 0.29) is 11.6 Å². The molecule has 23 heavy (non-hydrogen) atoms. The van der Waals surface area contributed by atoms with Gasteiger partial charge in [-0.25, -0.2) is 4.39 Å². The Kier molecular flexibility index (Phi) is 4.89. The summed E-state index contributed by atoms with van der Waals surface area (Å²) < 4.78 is 13.0. The van der Waals surface area contributed by atoms with Crippen molar-refractivity contribution < 1.29 is 9.31 Å². The zero-order valence-electron chi connectivity index (χ0n) is 12.8. The minimum absolute atomic E-state index is 0.0315. The van der Waals surface area contributed by atoms with Crippen molar-refractivity contribution in [1.82, 2.24) is 9.97 Å². The number of hydrogen-bond donors (Lipinski definition) is 2. The van der Waals surface area contributed by atoms with Crippen molar-refractivity contribution in [1.29, 1.82) is 0 Å². The van der Waals surface area contributed by atoms with Gasteiger partial charge in [-0.1, -0.05) is 0 Å². The third kappa shape index (κ3) is 3.62. The van der Waals surface area contributed by atoms with E-state index in [0.717, 1.165) is 0 Å². The summed E-state index contributed by atoms with van der Waals surface area (Å²) in [4.78, 5) is 20.6. The predicted molar refractivity (Wildman–Crippen MR) is 86.3 cm³/mol. The molecule has 0 saturated carbocycles. The highest BCUT2D eigenvalue weighted by Crippen LogP contribution is 2.32. The van der Waals surface area contributed by atoms with Crippen LogP contribution >= 0.6 is 0 Å². The average molecular weight is 320 g/mol. The number of hydrogen-bond acceptors (Lipinski definition) is 7. The zero-order chi connectivity index (χ0) is 17.0. The lowest BCUT2D eigenvalue weighted by atomic mass is 10.3. The van der Waals surface area contributed by atoms with E-state index in [4.69, 9.17) is 5.73 Å². The molecule has 2 rings (SSSR count). The van der Waals surface area contributed by atoms with Gasteiger partial charge in [0.15, 0.2) is 0 Å². The van der Waals surface area contributed by atoms with Gasteiger partial charge in [-0.15, -0.1) is 0 Å². The Bertz CT molecular complexity index is 703. The Morgan fingerprint density at radius 1 is 1.26 bits per heavy atom. The molecule has 0 bridgehead atoms. The molecule has 0 radical (unpaired) electrons. The zero-order valence-corrected chi connectivity index (χ0v) is 12.8. The van der Waals surface area contributed by atoms with Gasteiger partial charge < -0.3 is 16.0 Å². The monoisotopic (exact) mass is 320 g/mol. The summed E-state index contributed by atoms with van der Waals surface area (Å²) in [6.07, 6.45) is 0. The molecule has 0 amide bonds. The number of aromatic nitrogens is 2. The van der Waals surface area contributed by atoms with E-state index in [2.05, 4.69) is 15.3 Å². The summed E-state index contributed by atoms with van der Waals surface area (Å²) in [5.74, 6) is -0.369. The Balaban J connectivity index is 2.49. The molecule has 0 saturated heterocycles. The first-order valence-corrected chi connectivity index (χ1v) is 7.05. The number of anilines is 4. The molecule has 0 atom stereocenters. The molecule has 8 nitrogen and oxygen atoms in total. The molecule has 0 unspecified atom stereocenters. The van der Waals surface area contributed by atoms with Crippen LogP contribution < -0.4 is 16.0 Å². The second kappa shape index (κ2) is 6.86. The van der Waals surface area contributed by atoms with E-state index < -0.39 is 16.4 Å². The number of halogens is 1. The van der Waals surface area contributed by atoms with Crippen molar-refractivity contribution in [2.75, 3.05) is 29.0 Å². The molecule has 3 N–H and O–H groups in total. The smallest absolute Gasteiger partial charge is 0.353 e. The maximum absolute atomic E-state index is 13.0. The maximum atomic E-state index is 13.0. The number of nitrogen functional groups attached to an aromatic ring is 1. The lowest BCUT2D eigenvalue weighted by Gasteiger charge is -2.19. The van der Waals surface area contributed by atoms with Gasteiger partial charge >= 0.3 is 5.69 Å². The lowest BCUT2D eigenvalue weighted by molar-refractivity contribution is -0.383. The van der Waals surface area contributed by atoms with Gasteiger partial charge in [0, 0.05) is 18.8 Å². The molecular formula is C14H17FN6O2. The number of nitrogens with two attached hydrogens (primary N) is 1. The van der Waals surface area contributed by atoms with Gasteiger partial charge in [-0.2, -0.15) is 9.97 Å². The van der Waals surface area contributed by atoms with Gasteiger partial charge in [0.25, 0.3) is 0 Å². The van der Waals surface area contributed by atoms with Crippen LogP contribution in [0.5, 0.6) is 0 Å². The van der Waals surface area contributed by atoms with Crippen LogP contribution in [0.15, 0.2) is 24.3 Å². The van der Waals surface area contributed by atoms with Crippen LogP contribution in [-0.2, 0) is 0 Å². The number of nitro groups is 1. The maximum Gasteiger partial charge on any atom is 0.353 e. The summed E-state index contributed by atoms with van der Waals surface area (Å²) in [6.45, 7) is 5.09. The first-order valence-electron chi connectivity index (χ1n) is 7.05. The Morgan fingerprint density at radius 3 is 2.39 bits per heavy atom. The average Bonchev–Trinajstić information content (AvgIpc) is 2.50. The summed E-state index contributed by atoms with van der Waals surface area (Å²) in [7, 11) is 0. The minimum atomic E-state index is -0.646. The highest BCUT2D eigenvalue weighted by Gasteiger charge is 2.24. The molecule has 1 heterocycles. The molecule has 0 spiro atoms. The topological polar surface area (TPSA) is 110 Å². The SMILES string of the molecule is CCN(CC)c1nc(N)c([N+](=O)[O-])c(Nc2ccc(F)cc2)n1. The quantitative estimate of drug-likeness (QED) is 0.622. The molecule has 1 aromatic heterocycles. The van der Waals surface area contributed by atoms with Gasteiger partial charge in [0.2, 0.25) is 17.6 Å². The van der Waals surface area contributed by atoms with E-state index >= 15 is 0 Å².